The molecule has 5 nitrogen and oxygen atoms in total. The monoisotopic (exact) mass is 304 g/mol. The van der Waals surface area contributed by atoms with E-state index >= 15 is 0 Å². The largest absolute Gasteiger partial charge is 0.396 e. The molecule has 5 heteroatoms. The van der Waals surface area contributed by atoms with Gasteiger partial charge in [-0.1, -0.05) is 19.1 Å². The van der Waals surface area contributed by atoms with Crippen molar-refractivity contribution in [3.05, 3.63) is 29.8 Å². The molecule has 120 valence electrons. The summed E-state index contributed by atoms with van der Waals surface area (Å²) in [5, 5.41) is 12.7. The highest BCUT2D eigenvalue weighted by atomic mass is 16.5. The fourth-order valence-electron chi connectivity index (χ4n) is 3.49. The maximum Gasteiger partial charge on any atom is 0.321 e. The minimum atomic E-state index is -0.179. The minimum Gasteiger partial charge on any atom is -0.396 e. The standard InChI is InChI=1S/C17H24N2O3/c1-2-13-3-5-15(6-4-13)18-16(21)19-9-14-10-22-8-7-17(14,11-19)12-20/h3-6,14,20H,2,7-12H2,1H3,(H,18,21)/t14-,17-/m1/s1. The number of likely N-dealkylation sites (tertiary alicyclic amines) is 1. The lowest BCUT2D eigenvalue weighted by Gasteiger charge is -2.36. The zero-order chi connectivity index (χ0) is 15.6. The van der Waals surface area contributed by atoms with Crippen molar-refractivity contribution in [1.29, 1.82) is 0 Å². The number of hydrogen-bond acceptors (Lipinski definition) is 3. The van der Waals surface area contributed by atoms with Crippen LogP contribution in [-0.2, 0) is 11.2 Å². The number of nitrogens with one attached hydrogen (secondary N) is 1. The molecule has 0 saturated carbocycles. The average Bonchev–Trinajstić information content (AvgIpc) is 2.96. The smallest absolute Gasteiger partial charge is 0.321 e. The van der Waals surface area contributed by atoms with Gasteiger partial charge < -0.3 is 20.1 Å². The molecule has 3 rings (SSSR count). The normalized spacial score (nSPS) is 27.5. The van der Waals surface area contributed by atoms with Gasteiger partial charge >= 0.3 is 6.03 Å². The summed E-state index contributed by atoms with van der Waals surface area (Å²) < 4.78 is 5.51. The lowest BCUT2D eigenvalue weighted by molar-refractivity contribution is -0.0415. The Hall–Kier alpha value is -1.59. The number of aryl methyl sites for hydroxylation is 1. The van der Waals surface area contributed by atoms with E-state index in [0.717, 1.165) is 18.5 Å². The zero-order valence-corrected chi connectivity index (χ0v) is 13.0. The Morgan fingerprint density at radius 2 is 2.23 bits per heavy atom. The van der Waals surface area contributed by atoms with Gasteiger partial charge in [-0.05, 0) is 30.5 Å². The fourth-order valence-corrected chi connectivity index (χ4v) is 3.49. The lowest BCUT2D eigenvalue weighted by Crippen LogP contribution is -2.41. The van der Waals surface area contributed by atoms with Gasteiger partial charge in [0.2, 0.25) is 0 Å². The van der Waals surface area contributed by atoms with Crippen LogP contribution in [0.5, 0.6) is 0 Å². The van der Waals surface area contributed by atoms with Gasteiger partial charge in [0.1, 0.15) is 0 Å². The van der Waals surface area contributed by atoms with Gasteiger partial charge in [-0.25, -0.2) is 4.79 Å². The maximum absolute atomic E-state index is 12.5. The van der Waals surface area contributed by atoms with Crippen molar-refractivity contribution in [2.45, 2.75) is 19.8 Å². The Morgan fingerprint density at radius 1 is 1.45 bits per heavy atom. The summed E-state index contributed by atoms with van der Waals surface area (Å²) in [6.45, 7) is 4.79. The molecular weight excluding hydrogens is 280 g/mol. The van der Waals surface area contributed by atoms with Crippen LogP contribution < -0.4 is 5.32 Å². The topological polar surface area (TPSA) is 61.8 Å². The van der Waals surface area contributed by atoms with Crippen molar-refractivity contribution >= 4 is 11.7 Å². The molecule has 0 radical (unpaired) electrons. The third kappa shape index (κ3) is 2.83. The summed E-state index contributed by atoms with van der Waals surface area (Å²) in [5.74, 6) is 0.236. The van der Waals surface area contributed by atoms with E-state index < -0.39 is 0 Å². The molecule has 0 unspecified atom stereocenters. The molecule has 2 heterocycles. The number of rotatable bonds is 3. The van der Waals surface area contributed by atoms with E-state index in [0.29, 0.717) is 26.3 Å². The number of carbonyl (C=O) groups excluding carboxylic acids is 1. The summed E-state index contributed by atoms with van der Waals surface area (Å²) in [6, 6.07) is 7.84. The molecule has 2 N–H and O–H groups in total. The van der Waals surface area contributed by atoms with Gasteiger partial charge in [0.15, 0.2) is 0 Å². The van der Waals surface area contributed by atoms with Crippen molar-refractivity contribution < 1.29 is 14.6 Å². The molecule has 2 aliphatic heterocycles. The van der Waals surface area contributed by atoms with Crippen LogP contribution in [0.2, 0.25) is 0 Å². The lowest BCUT2D eigenvalue weighted by atomic mass is 9.75. The van der Waals surface area contributed by atoms with E-state index in [4.69, 9.17) is 4.74 Å². The second-order valence-corrected chi connectivity index (χ2v) is 6.40. The van der Waals surface area contributed by atoms with Gasteiger partial charge in [0, 0.05) is 36.7 Å². The Labute approximate surface area is 131 Å². The number of urea groups is 1. The summed E-state index contributed by atoms with van der Waals surface area (Å²) in [5.41, 5.74) is 1.88. The van der Waals surface area contributed by atoms with Crippen LogP contribution in [-0.4, -0.2) is 48.9 Å². The predicted octanol–water partition coefficient (Wildman–Crippen LogP) is 2.11. The first kappa shape index (κ1) is 15.3. The molecule has 1 aromatic rings. The van der Waals surface area contributed by atoms with Crippen molar-refractivity contribution in [2.24, 2.45) is 11.3 Å². The first-order valence-corrected chi connectivity index (χ1v) is 8.00. The van der Waals surface area contributed by atoms with E-state index in [9.17, 15) is 9.90 Å². The van der Waals surface area contributed by atoms with Crippen LogP contribution in [0.1, 0.15) is 18.9 Å². The molecule has 22 heavy (non-hydrogen) atoms. The third-order valence-corrected chi connectivity index (χ3v) is 5.09. The van der Waals surface area contributed by atoms with Crippen molar-refractivity contribution in [2.75, 3.05) is 38.2 Å². The predicted molar refractivity (Wildman–Crippen MR) is 84.9 cm³/mol. The van der Waals surface area contributed by atoms with E-state index in [1.165, 1.54) is 5.56 Å². The first-order valence-electron chi connectivity index (χ1n) is 8.00. The molecule has 2 atom stereocenters. The van der Waals surface area contributed by atoms with E-state index in [-0.39, 0.29) is 24.0 Å². The van der Waals surface area contributed by atoms with Gasteiger partial charge in [-0.2, -0.15) is 0 Å². The molecule has 2 saturated heterocycles. The molecular formula is C17H24N2O3. The first-order chi connectivity index (χ1) is 10.7. The number of ether oxygens (including phenoxy) is 1. The number of aliphatic hydroxyl groups excluding tert-OH is 1. The van der Waals surface area contributed by atoms with Crippen LogP contribution in [0.25, 0.3) is 0 Å². The van der Waals surface area contributed by atoms with Crippen LogP contribution in [0.3, 0.4) is 0 Å². The summed E-state index contributed by atoms with van der Waals surface area (Å²) in [6.07, 6.45) is 1.81. The van der Waals surface area contributed by atoms with Crippen molar-refractivity contribution in [3.63, 3.8) is 0 Å². The van der Waals surface area contributed by atoms with Gasteiger partial charge in [0.05, 0.1) is 13.2 Å². The van der Waals surface area contributed by atoms with Crippen LogP contribution in [0, 0.1) is 11.3 Å². The molecule has 0 aliphatic carbocycles. The Balaban J connectivity index is 1.65. The zero-order valence-electron chi connectivity index (χ0n) is 13.0. The highest BCUT2D eigenvalue weighted by molar-refractivity contribution is 5.89. The van der Waals surface area contributed by atoms with Crippen LogP contribution in [0.15, 0.2) is 24.3 Å². The molecule has 2 fully saturated rings. The maximum atomic E-state index is 12.5. The quantitative estimate of drug-likeness (QED) is 0.899. The molecule has 2 aliphatic rings. The number of nitrogens with zero attached hydrogens (tertiary/aromatic N) is 1. The SMILES string of the molecule is CCc1ccc(NC(=O)N2C[C@@H]3COCC[C@]3(CO)C2)cc1. The molecule has 0 spiro atoms. The Bertz CT molecular complexity index is 531. The summed E-state index contributed by atoms with van der Waals surface area (Å²) >= 11 is 0. The number of carbonyl (C=O) groups is 1. The number of benzene rings is 1. The highest BCUT2D eigenvalue weighted by Crippen LogP contribution is 2.41. The number of fused-ring (bicyclic) bond motifs is 1. The number of hydrogen-bond donors (Lipinski definition) is 2. The van der Waals surface area contributed by atoms with Crippen molar-refractivity contribution in [1.82, 2.24) is 4.90 Å². The third-order valence-electron chi connectivity index (χ3n) is 5.09. The Kier molecular flexibility index (Phi) is 4.36. The summed E-state index contributed by atoms with van der Waals surface area (Å²) in [7, 11) is 0. The van der Waals surface area contributed by atoms with E-state index in [2.05, 4.69) is 12.2 Å². The number of anilines is 1. The molecule has 2 amide bonds. The number of amides is 2. The fraction of sp³-hybridized carbons (Fsp3) is 0.588. The van der Waals surface area contributed by atoms with Gasteiger partial charge in [-0.3, -0.25) is 0 Å². The average molecular weight is 304 g/mol. The van der Waals surface area contributed by atoms with Gasteiger partial charge in [0.25, 0.3) is 0 Å². The van der Waals surface area contributed by atoms with Crippen LogP contribution in [0.4, 0.5) is 10.5 Å². The van der Waals surface area contributed by atoms with E-state index in [1.807, 2.05) is 29.2 Å². The van der Waals surface area contributed by atoms with Gasteiger partial charge in [-0.15, -0.1) is 0 Å². The minimum absolute atomic E-state index is 0.0912. The molecule has 0 bridgehead atoms. The molecule has 1 aromatic carbocycles. The second kappa shape index (κ2) is 6.26. The van der Waals surface area contributed by atoms with E-state index in [1.54, 1.807) is 0 Å². The van der Waals surface area contributed by atoms with Crippen LogP contribution >= 0.6 is 0 Å². The second-order valence-electron chi connectivity index (χ2n) is 6.40. The number of aliphatic hydroxyl groups is 1. The van der Waals surface area contributed by atoms with Crippen molar-refractivity contribution in [3.8, 4) is 0 Å². The molecule has 0 aromatic heterocycles. The highest BCUT2D eigenvalue weighted by Gasteiger charge is 2.49. The summed E-state index contributed by atoms with van der Waals surface area (Å²) in [4.78, 5) is 14.3. The Morgan fingerprint density at radius 3 is 2.86 bits per heavy atom.